The van der Waals surface area contributed by atoms with Crippen molar-refractivity contribution in [3.63, 3.8) is 0 Å². The normalized spacial score (nSPS) is 25.8. The number of carboxylic acids is 1. The van der Waals surface area contributed by atoms with Crippen LogP contribution in [0.4, 0.5) is 11.4 Å². The topological polar surface area (TPSA) is 96.6 Å². The zero-order valence-electron chi connectivity index (χ0n) is 13.0. The number of pyridine rings is 1. The molecule has 4 rings (SSSR count). The van der Waals surface area contributed by atoms with Crippen LogP contribution >= 0.6 is 0 Å². The van der Waals surface area contributed by atoms with Crippen LogP contribution in [0.25, 0.3) is 10.8 Å². The highest BCUT2D eigenvalue weighted by atomic mass is 16.6. The quantitative estimate of drug-likeness (QED) is 0.688. The van der Waals surface area contributed by atoms with E-state index in [2.05, 4.69) is 9.88 Å². The van der Waals surface area contributed by atoms with E-state index >= 15 is 0 Å². The van der Waals surface area contributed by atoms with Gasteiger partial charge in [-0.15, -0.1) is 0 Å². The maximum absolute atomic E-state index is 11.9. The second-order valence-corrected chi connectivity index (χ2v) is 6.71. The Morgan fingerprint density at radius 3 is 2.92 bits per heavy atom. The maximum Gasteiger partial charge on any atom is 0.311 e. The maximum atomic E-state index is 11.9. The third kappa shape index (κ3) is 1.97. The molecule has 7 heteroatoms. The minimum Gasteiger partial charge on any atom is -0.481 e. The van der Waals surface area contributed by atoms with E-state index in [1.165, 1.54) is 12.3 Å². The Labute approximate surface area is 138 Å². The summed E-state index contributed by atoms with van der Waals surface area (Å²) >= 11 is 0. The molecule has 2 aliphatic rings. The van der Waals surface area contributed by atoms with Gasteiger partial charge in [0.15, 0.2) is 0 Å². The number of fused-ring (bicyclic) bond motifs is 2. The number of hydrogen-bond donors (Lipinski definition) is 1. The minimum absolute atomic E-state index is 0.0224. The molecule has 1 saturated heterocycles. The Morgan fingerprint density at radius 1 is 1.38 bits per heavy atom. The summed E-state index contributed by atoms with van der Waals surface area (Å²) < 4.78 is 0. The molecule has 0 spiro atoms. The lowest BCUT2D eigenvalue weighted by Gasteiger charge is -2.25. The lowest BCUT2D eigenvalue weighted by atomic mass is 9.81. The highest BCUT2D eigenvalue weighted by molar-refractivity contribution is 5.99. The van der Waals surface area contributed by atoms with Crippen LogP contribution < -0.4 is 4.90 Å². The minimum atomic E-state index is -0.722. The fourth-order valence-electron chi connectivity index (χ4n) is 4.42. The number of nitrogens with zero attached hydrogens (tertiary/aromatic N) is 3. The second-order valence-electron chi connectivity index (χ2n) is 6.71. The highest BCUT2D eigenvalue weighted by Crippen LogP contribution is 2.50. The fraction of sp³-hybridized carbons (Fsp3) is 0.412. The number of hydrogen-bond acceptors (Lipinski definition) is 5. The van der Waals surface area contributed by atoms with Crippen LogP contribution in [0.3, 0.4) is 0 Å². The van der Waals surface area contributed by atoms with E-state index in [0.29, 0.717) is 24.9 Å². The van der Waals surface area contributed by atoms with E-state index < -0.39 is 16.3 Å². The van der Waals surface area contributed by atoms with Crippen molar-refractivity contribution >= 4 is 28.1 Å². The summed E-state index contributed by atoms with van der Waals surface area (Å²) in [5.74, 6) is -0.581. The molecule has 2 heterocycles. The monoisotopic (exact) mass is 327 g/mol. The number of non-ortho nitro benzene ring substituents is 1. The standard InChI is InChI=1S/C17H17N3O4/c21-16(22)17-6-1-2-11(17)9-19(10-17)14-3-4-15(20(23)24)13-8-18-7-5-12(13)14/h3-5,7-8,11H,1-2,6,9-10H2,(H,21,22)/t11-,17+/m0/s1. The molecule has 2 aromatic rings. The lowest BCUT2D eigenvalue weighted by Crippen LogP contribution is -2.35. The molecule has 1 N–H and O–H groups in total. The van der Waals surface area contributed by atoms with Crippen molar-refractivity contribution in [3.8, 4) is 0 Å². The van der Waals surface area contributed by atoms with Gasteiger partial charge in [-0.1, -0.05) is 6.42 Å². The van der Waals surface area contributed by atoms with Gasteiger partial charge < -0.3 is 10.0 Å². The first kappa shape index (κ1) is 14.9. The molecule has 0 bridgehead atoms. The fourth-order valence-corrected chi connectivity index (χ4v) is 4.42. The van der Waals surface area contributed by atoms with Gasteiger partial charge >= 0.3 is 5.97 Å². The van der Waals surface area contributed by atoms with Gasteiger partial charge in [0.25, 0.3) is 5.69 Å². The first-order chi connectivity index (χ1) is 11.5. The molecule has 0 radical (unpaired) electrons. The predicted molar refractivity (Wildman–Crippen MR) is 88.0 cm³/mol. The van der Waals surface area contributed by atoms with Crippen LogP contribution in [-0.2, 0) is 4.79 Å². The summed E-state index contributed by atoms with van der Waals surface area (Å²) in [6.45, 7) is 1.14. The number of anilines is 1. The predicted octanol–water partition coefficient (Wildman–Crippen LogP) is 2.83. The smallest absolute Gasteiger partial charge is 0.311 e. The number of benzene rings is 1. The summed E-state index contributed by atoms with van der Waals surface area (Å²) in [5, 5.41) is 22.2. The molecule has 2 atom stereocenters. The van der Waals surface area contributed by atoms with E-state index in [1.807, 2.05) is 0 Å². The number of aliphatic carboxylic acids is 1. The SMILES string of the molecule is O=C(O)[C@@]12CCC[C@H]1CN(c1ccc([N+](=O)[O-])c3cnccc13)C2. The number of rotatable bonds is 3. The van der Waals surface area contributed by atoms with Gasteiger partial charge in [0.1, 0.15) is 0 Å². The van der Waals surface area contributed by atoms with Crippen molar-refractivity contribution in [1.29, 1.82) is 0 Å². The number of nitro groups is 1. The summed E-state index contributed by atoms with van der Waals surface area (Å²) in [6.07, 6.45) is 5.70. The zero-order valence-corrected chi connectivity index (χ0v) is 13.0. The van der Waals surface area contributed by atoms with Crippen LogP contribution in [0.1, 0.15) is 19.3 Å². The van der Waals surface area contributed by atoms with Gasteiger partial charge in [-0.05, 0) is 30.9 Å². The summed E-state index contributed by atoms with van der Waals surface area (Å²) in [4.78, 5) is 28.8. The average molecular weight is 327 g/mol. The molecular formula is C17H17N3O4. The molecule has 124 valence electrons. The Hall–Kier alpha value is -2.70. The average Bonchev–Trinajstić information content (AvgIpc) is 3.11. The van der Waals surface area contributed by atoms with Crippen molar-refractivity contribution in [3.05, 3.63) is 40.7 Å². The van der Waals surface area contributed by atoms with E-state index in [4.69, 9.17) is 0 Å². The van der Waals surface area contributed by atoms with Gasteiger partial charge in [0.2, 0.25) is 0 Å². The third-order valence-corrected chi connectivity index (χ3v) is 5.61. The van der Waals surface area contributed by atoms with Crippen LogP contribution in [0.5, 0.6) is 0 Å². The molecule has 7 nitrogen and oxygen atoms in total. The van der Waals surface area contributed by atoms with E-state index in [1.54, 1.807) is 18.3 Å². The molecule has 2 fully saturated rings. The Bertz CT molecular complexity index is 853. The largest absolute Gasteiger partial charge is 0.481 e. The Morgan fingerprint density at radius 2 is 2.21 bits per heavy atom. The van der Waals surface area contributed by atoms with Crippen molar-refractivity contribution in [1.82, 2.24) is 4.98 Å². The van der Waals surface area contributed by atoms with Crippen molar-refractivity contribution in [2.24, 2.45) is 11.3 Å². The third-order valence-electron chi connectivity index (χ3n) is 5.61. The van der Waals surface area contributed by atoms with Crippen molar-refractivity contribution in [2.45, 2.75) is 19.3 Å². The van der Waals surface area contributed by atoms with Gasteiger partial charge in [-0.25, -0.2) is 0 Å². The van der Waals surface area contributed by atoms with Gasteiger partial charge in [0, 0.05) is 42.6 Å². The van der Waals surface area contributed by atoms with E-state index in [-0.39, 0.29) is 11.6 Å². The molecule has 1 aliphatic heterocycles. The molecule has 24 heavy (non-hydrogen) atoms. The van der Waals surface area contributed by atoms with Gasteiger partial charge in [-0.3, -0.25) is 19.9 Å². The lowest BCUT2D eigenvalue weighted by molar-refractivity contribution is -0.383. The number of carboxylic acid groups (broad SMARTS) is 1. The van der Waals surface area contributed by atoms with E-state index in [9.17, 15) is 20.0 Å². The molecule has 1 aliphatic carbocycles. The molecule has 1 aromatic heterocycles. The van der Waals surface area contributed by atoms with E-state index in [0.717, 1.165) is 23.9 Å². The van der Waals surface area contributed by atoms with Crippen molar-refractivity contribution in [2.75, 3.05) is 18.0 Å². The van der Waals surface area contributed by atoms with Crippen molar-refractivity contribution < 1.29 is 14.8 Å². The summed E-state index contributed by atoms with van der Waals surface area (Å²) in [7, 11) is 0. The number of aromatic nitrogens is 1. The van der Waals surface area contributed by atoms with Crippen LogP contribution in [-0.4, -0.2) is 34.1 Å². The highest BCUT2D eigenvalue weighted by Gasteiger charge is 2.55. The second kappa shape index (κ2) is 5.15. The first-order valence-electron chi connectivity index (χ1n) is 8.02. The molecule has 1 saturated carbocycles. The summed E-state index contributed by atoms with van der Waals surface area (Å²) in [6, 6.07) is 4.98. The summed E-state index contributed by atoms with van der Waals surface area (Å²) in [5.41, 5.74) is 0.198. The molecule has 0 unspecified atom stereocenters. The molecule has 1 aromatic carbocycles. The Kier molecular flexibility index (Phi) is 3.19. The zero-order chi connectivity index (χ0) is 16.9. The molecule has 0 amide bonds. The molecular weight excluding hydrogens is 310 g/mol. The van der Waals surface area contributed by atoms with Gasteiger partial charge in [0.05, 0.1) is 15.7 Å². The Balaban J connectivity index is 1.80. The van der Waals surface area contributed by atoms with Crippen LogP contribution in [0.2, 0.25) is 0 Å². The number of nitro benzene ring substituents is 1. The van der Waals surface area contributed by atoms with Gasteiger partial charge in [-0.2, -0.15) is 0 Å². The first-order valence-corrected chi connectivity index (χ1v) is 8.02. The van der Waals surface area contributed by atoms with Crippen LogP contribution in [0, 0.1) is 21.4 Å². The van der Waals surface area contributed by atoms with Crippen LogP contribution in [0.15, 0.2) is 30.6 Å². The number of carbonyl (C=O) groups is 1.